The maximum Gasteiger partial charge on any atom is 0.222 e. The second kappa shape index (κ2) is 6.89. The number of halogens is 1. The smallest absolute Gasteiger partial charge is 0.222 e. The first-order valence-electron chi connectivity index (χ1n) is 6.91. The van der Waals surface area contributed by atoms with Gasteiger partial charge in [0.15, 0.2) is 0 Å². The van der Waals surface area contributed by atoms with Crippen LogP contribution in [0.2, 0.25) is 4.34 Å². The zero-order valence-electron chi connectivity index (χ0n) is 11.3. The van der Waals surface area contributed by atoms with Gasteiger partial charge in [-0.15, -0.1) is 11.3 Å². The predicted molar refractivity (Wildman–Crippen MR) is 80.0 cm³/mol. The maximum atomic E-state index is 11.9. The summed E-state index contributed by atoms with van der Waals surface area (Å²) in [5, 5.41) is 22.9. The number of hydrogen-bond donors (Lipinski definition) is 3. The molecule has 2 rings (SSSR count). The molecule has 1 aliphatic rings. The molecule has 3 N–H and O–H groups in total. The van der Waals surface area contributed by atoms with E-state index in [1.165, 1.54) is 11.3 Å². The van der Waals surface area contributed by atoms with Crippen LogP contribution in [0.5, 0.6) is 0 Å². The Morgan fingerprint density at radius 3 is 2.70 bits per heavy atom. The van der Waals surface area contributed by atoms with Gasteiger partial charge in [-0.3, -0.25) is 4.79 Å². The minimum absolute atomic E-state index is 0.116. The lowest BCUT2D eigenvalue weighted by molar-refractivity contribution is -0.127. The zero-order valence-corrected chi connectivity index (χ0v) is 12.8. The summed E-state index contributed by atoms with van der Waals surface area (Å²) in [4.78, 5) is 12.6. The van der Waals surface area contributed by atoms with Crippen LogP contribution in [0.3, 0.4) is 0 Å². The molecular formula is C14H20ClNO3S. The van der Waals surface area contributed by atoms with Crippen molar-refractivity contribution in [2.75, 3.05) is 6.54 Å². The van der Waals surface area contributed by atoms with Gasteiger partial charge in [0.25, 0.3) is 0 Å². The quantitative estimate of drug-likeness (QED) is 0.782. The first-order chi connectivity index (χ1) is 9.48. The van der Waals surface area contributed by atoms with Gasteiger partial charge >= 0.3 is 0 Å². The number of carbonyl (C=O) groups excluding carboxylic acids is 1. The van der Waals surface area contributed by atoms with E-state index >= 15 is 0 Å². The number of rotatable bonds is 5. The zero-order chi connectivity index (χ0) is 14.6. The third kappa shape index (κ3) is 4.45. The van der Waals surface area contributed by atoms with E-state index in [-0.39, 0.29) is 18.9 Å². The summed E-state index contributed by atoms with van der Waals surface area (Å²) in [7, 11) is 0. The number of hydrogen-bond acceptors (Lipinski definition) is 4. The Labute approximate surface area is 127 Å². The van der Waals surface area contributed by atoms with E-state index in [1.54, 1.807) is 12.1 Å². The van der Waals surface area contributed by atoms with Gasteiger partial charge in [0.1, 0.15) is 6.10 Å². The van der Waals surface area contributed by atoms with Gasteiger partial charge in [0.05, 0.1) is 16.4 Å². The molecule has 1 amide bonds. The lowest BCUT2D eigenvalue weighted by Crippen LogP contribution is -2.39. The Balaban J connectivity index is 1.77. The highest BCUT2D eigenvalue weighted by atomic mass is 35.5. The van der Waals surface area contributed by atoms with Crippen LogP contribution in [-0.4, -0.2) is 28.3 Å². The molecule has 112 valence electrons. The molecule has 1 aliphatic carbocycles. The summed E-state index contributed by atoms with van der Waals surface area (Å²) in [6.07, 6.45) is 3.80. The third-order valence-corrected chi connectivity index (χ3v) is 5.02. The van der Waals surface area contributed by atoms with E-state index in [2.05, 4.69) is 5.32 Å². The molecule has 1 fully saturated rings. The molecule has 0 aromatic carbocycles. The summed E-state index contributed by atoms with van der Waals surface area (Å²) in [6.45, 7) is 0.145. The fourth-order valence-electron chi connectivity index (χ4n) is 2.57. The number of aliphatic hydroxyl groups is 2. The second-order valence-corrected chi connectivity index (χ2v) is 7.17. The van der Waals surface area contributed by atoms with Gasteiger partial charge in [0.2, 0.25) is 5.91 Å². The van der Waals surface area contributed by atoms with Crippen LogP contribution in [0.15, 0.2) is 12.1 Å². The molecule has 0 aliphatic heterocycles. The number of carbonyl (C=O) groups is 1. The van der Waals surface area contributed by atoms with Crippen molar-refractivity contribution in [3.8, 4) is 0 Å². The van der Waals surface area contributed by atoms with Crippen LogP contribution < -0.4 is 5.32 Å². The molecule has 20 heavy (non-hydrogen) atoms. The van der Waals surface area contributed by atoms with Crippen LogP contribution >= 0.6 is 22.9 Å². The third-order valence-electron chi connectivity index (χ3n) is 3.69. The van der Waals surface area contributed by atoms with Crippen molar-refractivity contribution in [2.45, 2.75) is 50.2 Å². The molecule has 6 heteroatoms. The lowest BCUT2D eigenvalue weighted by atomic mass is 9.82. The Kier molecular flexibility index (Phi) is 5.43. The van der Waals surface area contributed by atoms with Gasteiger partial charge in [0, 0.05) is 11.4 Å². The van der Waals surface area contributed by atoms with E-state index in [4.69, 9.17) is 11.6 Å². The normalized spacial score (nSPS) is 19.6. The van der Waals surface area contributed by atoms with Crippen LogP contribution in [0, 0.1) is 0 Å². The van der Waals surface area contributed by atoms with Crippen LogP contribution in [0.1, 0.15) is 49.5 Å². The highest BCUT2D eigenvalue weighted by Crippen LogP contribution is 2.31. The number of nitrogens with one attached hydrogen (secondary N) is 1. The van der Waals surface area contributed by atoms with Crippen molar-refractivity contribution in [1.82, 2.24) is 5.32 Å². The molecular weight excluding hydrogens is 298 g/mol. The van der Waals surface area contributed by atoms with Gasteiger partial charge in [-0.2, -0.15) is 0 Å². The van der Waals surface area contributed by atoms with Crippen LogP contribution in [0.4, 0.5) is 0 Å². The Morgan fingerprint density at radius 2 is 2.10 bits per heavy atom. The van der Waals surface area contributed by atoms with E-state index in [9.17, 15) is 15.0 Å². The number of amides is 1. The highest BCUT2D eigenvalue weighted by Gasteiger charge is 2.31. The van der Waals surface area contributed by atoms with Crippen LogP contribution in [0.25, 0.3) is 0 Å². The largest absolute Gasteiger partial charge is 0.389 e. The first kappa shape index (κ1) is 15.8. The van der Waals surface area contributed by atoms with Gasteiger partial charge < -0.3 is 15.5 Å². The summed E-state index contributed by atoms with van der Waals surface area (Å²) in [5.41, 5.74) is -0.862. The summed E-state index contributed by atoms with van der Waals surface area (Å²) in [6, 6.07) is 3.47. The van der Waals surface area contributed by atoms with Crippen LogP contribution in [-0.2, 0) is 4.79 Å². The lowest BCUT2D eigenvalue weighted by Gasteiger charge is -2.31. The van der Waals surface area contributed by atoms with E-state index in [0.717, 1.165) is 24.1 Å². The second-order valence-electron chi connectivity index (χ2n) is 5.42. The molecule has 1 saturated carbocycles. The average Bonchev–Trinajstić information content (AvgIpc) is 2.83. The Bertz CT molecular complexity index is 457. The van der Waals surface area contributed by atoms with Gasteiger partial charge in [-0.05, 0) is 25.0 Å². The first-order valence-corrected chi connectivity index (χ1v) is 8.10. The monoisotopic (exact) mass is 317 g/mol. The SMILES string of the molecule is O=C(CC1(O)CCCCC1)NCC(O)c1ccc(Cl)s1. The van der Waals surface area contributed by atoms with E-state index < -0.39 is 11.7 Å². The molecule has 1 aromatic rings. The highest BCUT2D eigenvalue weighted by molar-refractivity contribution is 7.16. The summed E-state index contributed by atoms with van der Waals surface area (Å²) >= 11 is 7.10. The standard InChI is InChI=1S/C14H20ClNO3S/c15-12-5-4-11(20-12)10(17)9-16-13(18)8-14(19)6-2-1-3-7-14/h4-5,10,17,19H,1-3,6-9H2,(H,16,18). The molecule has 1 aromatic heterocycles. The minimum atomic E-state index is -0.862. The molecule has 0 saturated heterocycles. The van der Waals surface area contributed by atoms with Crippen molar-refractivity contribution in [1.29, 1.82) is 0 Å². The fourth-order valence-corrected chi connectivity index (χ4v) is 3.61. The van der Waals surface area contributed by atoms with Crippen molar-refractivity contribution >= 4 is 28.8 Å². The molecule has 1 heterocycles. The maximum absolute atomic E-state index is 11.9. The Morgan fingerprint density at radius 1 is 1.40 bits per heavy atom. The topological polar surface area (TPSA) is 69.6 Å². The van der Waals surface area contributed by atoms with E-state index in [0.29, 0.717) is 17.2 Å². The van der Waals surface area contributed by atoms with Crippen molar-refractivity contribution in [2.24, 2.45) is 0 Å². The molecule has 0 spiro atoms. The van der Waals surface area contributed by atoms with Crippen molar-refractivity contribution < 1.29 is 15.0 Å². The number of thiophene rings is 1. The molecule has 4 nitrogen and oxygen atoms in total. The molecule has 1 atom stereocenters. The van der Waals surface area contributed by atoms with Gasteiger partial charge in [-0.1, -0.05) is 30.9 Å². The Hall–Kier alpha value is -0.620. The van der Waals surface area contributed by atoms with Gasteiger partial charge in [-0.25, -0.2) is 0 Å². The molecule has 0 bridgehead atoms. The fraction of sp³-hybridized carbons (Fsp3) is 0.643. The summed E-state index contributed by atoms with van der Waals surface area (Å²) in [5.74, 6) is -0.212. The van der Waals surface area contributed by atoms with E-state index in [1.807, 2.05) is 0 Å². The van der Waals surface area contributed by atoms with Crippen molar-refractivity contribution in [3.05, 3.63) is 21.3 Å². The van der Waals surface area contributed by atoms with Crippen molar-refractivity contribution in [3.63, 3.8) is 0 Å². The molecule has 0 radical (unpaired) electrons. The summed E-state index contributed by atoms with van der Waals surface area (Å²) < 4.78 is 0.613. The average molecular weight is 318 g/mol. The molecule has 1 unspecified atom stereocenters. The minimum Gasteiger partial charge on any atom is -0.389 e. The number of aliphatic hydroxyl groups excluding tert-OH is 1. The predicted octanol–water partition coefficient (Wildman–Crippen LogP) is 2.64.